The number of carbonyl (C=O) groups excluding carboxylic acids is 1. The topological polar surface area (TPSA) is 74.6 Å². The molecule has 21 heavy (non-hydrogen) atoms. The van der Waals surface area contributed by atoms with Crippen molar-refractivity contribution in [3.05, 3.63) is 24.3 Å². The van der Waals surface area contributed by atoms with Crippen molar-refractivity contribution in [3.63, 3.8) is 0 Å². The molecule has 0 atom stereocenters. The summed E-state index contributed by atoms with van der Waals surface area (Å²) in [6.45, 7) is 4.88. The number of amides is 1. The van der Waals surface area contributed by atoms with Crippen molar-refractivity contribution in [2.45, 2.75) is 6.42 Å². The maximum atomic E-state index is 11.4. The Balaban J connectivity index is 1.77. The van der Waals surface area contributed by atoms with E-state index in [1.54, 1.807) is 12.1 Å². The number of hydrogen-bond donors (Lipinski definition) is 1. The van der Waals surface area contributed by atoms with Crippen LogP contribution in [0.1, 0.15) is 6.42 Å². The molecule has 112 valence electrons. The zero-order valence-electron chi connectivity index (χ0n) is 11.9. The second kappa shape index (κ2) is 8.25. The molecule has 2 rings (SSSR count). The maximum absolute atomic E-state index is 11.4. The first-order valence-corrected chi connectivity index (χ1v) is 6.98. The van der Waals surface area contributed by atoms with Gasteiger partial charge in [-0.05, 0) is 12.1 Å². The van der Waals surface area contributed by atoms with Crippen LogP contribution in [0.5, 0.6) is 5.75 Å². The molecule has 0 aliphatic carbocycles. The molecule has 6 nitrogen and oxygen atoms in total. The monoisotopic (exact) mass is 289 g/mol. The Bertz CT molecular complexity index is 507. The van der Waals surface area contributed by atoms with Crippen molar-refractivity contribution >= 4 is 11.6 Å². The van der Waals surface area contributed by atoms with E-state index in [0.29, 0.717) is 18.0 Å². The number of nitrogens with zero attached hydrogens (tertiary/aromatic N) is 2. The normalized spacial score (nSPS) is 15.2. The van der Waals surface area contributed by atoms with E-state index in [4.69, 9.17) is 14.7 Å². The van der Waals surface area contributed by atoms with Gasteiger partial charge in [-0.2, -0.15) is 5.26 Å². The molecule has 1 heterocycles. The summed E-state index contributed by atoms with van der Waals surface area (Å²) in [5, 5.41) is 11.1. The summed E-state index contributed by atoms with van der Waals surface area (Å²) >= 11 is 0. The highest BCUT2D eigenvalue weighted by Gasteiger charge is 2.09. The number of hydrogen-bond acceptors (Lipinski definition) is 5. The molecule has 1 aromatic carbocycles. The molecular weight excluding hydrogens is 270 g/mol. The third-order valence-corrected chi connectivity index (χ3v) is 3.14. The van der Waals surface area contributed by atoms with Gasteiger partial charge in [-0.3, -0.25) is 9.69 Å². The Hall–Kier alpha value is -2.10. The van der Waals surface area contributed by atoms with Crippen LogP contribution >= 0.6 is 0 Å². The van der Waals surface area contributed by atoms with Crippen LogP contribution in [0.2, 0.25) is 0 Å². The van der Waals surface area contributed by atoms with Crippen molar-refractivity contribution < 1.29 is 14.3 Å². The average molecular weight is 289 g/mol. The maximum Gasteiger partial charge on any atom is 0.238 e. The summed E-state index contributed by atoms with van der Waals surface area (Å²) in [5.74, 6) is 0.390. The van der Waals surface area contributed by atoms with Crippen LogP contribution in [0.25, 0.3) is 0 Å². The average Bonchev–Trinajstić information content (AvgIpc) is 2.49. The van der Waals surface area contributed by atoms with Crippen LogP contribution in [-0.2, 0) is 9.53 Å². The lowest BCUT2D eigenvalue weighted by Crippen LogP contribution is -2.38. The van der Waals surface area contributed by atoms with Crippen LogP contribution in [0.4, 0.5) is 5.69 Å². The molecule has 0 saturated carbocycles. The number of ether oxygens (including phenoxy) is 2. The zero-order valence-corrected chi connectivity index (χ0v) is 11.9. The predicted molar refractivity (Wildman–Crippen MR) is 78.1 cm³/mol. The van der Waals surface area contributed by atoms with E-state index < -0.39 is 0 Å². The van der Waals surface area contributed by atoms with Gasteiger partial charge in [0.2, 0.25) is 5.91 Å². The Morgan fingerprint density at radius 3 is 3.00 bits per heavy atom. The Labute approximate surface area is 124 Å². The van der Waals surface area contributed by atoms with Gasteiger partial charge in [0.25, 0.3) is 0 Å². The van der Waals surface area contributed by atoms with Crippen LogP contribution in [0, 0.1) is 11.3 Å². The molecule has 0 aromatic heterocycles. The molecule has 1 fully saturated rings. The molecule has 0 bridgehead atoms. The van der Waals surface area contributed by atoms with Gasteiger partial charge < -0.3 is 14.8 Å². The van der Waals surface area contributed by atoms with E-state index in [2.05, 4.69) is 10.2 Å². The SMILES string of the molecule is N#CCC(=O)Nc1cccc(OCCN2CCOCC2)c1. The summed E-state index contributed by atoms with van der Waals surface area (Å²) in [4.78, 5) is 13.6. The highest BCUT2D eigenvalue weighted by atomic mass is 16.5. The molecule has 1 amide bonds. The van der Waals surface area contributed by atoms with Crippen LogP contribution in [-0.4, -0.2) is 50.3 Å². The fraction of sp³-hybridized carbons (Fsp3) is 0.467. The van der Waals surface area contributed by atoms with Crippen molar-refractivity contribution in [1.82, 2.24) is 4.90 Å². The first-order chi connectivity index (χ1) is 10.3. The minimum atomic E-state index is -0.317. The van der Waals surface area contributed by atoms with Gasteiger partial charge in [-0.15, -0.1) is 0 Å². The molecule has 1 aliphatic rings. The van der Waals surface area contributed by atoms with Gasteiger partial charge in [0.05, 0.1) is 19.3 Å². The van der Waals surface area contributed by atoms with Crippen LogP contribution in [0.15, 0.2) is 24.3 Å². The zero-order chi connectivity index (χ0) is 14.9. The van der Waals surface area contributed by atoms with Gasteiger partial charge >= 0.3 is 0 Å². The fourth-order valence-electron chi connectivity index (χ4n) is 2.06. The van der Waals surface area contributed by atoms with Gasteiger partial charge in [-0.25, -0.2) is 0 Å². The van der Waals surface area contributed by atoms with E-state index in [0.717, 1.165) is 32.8 Å². The highest BCUT2D eigenvalue weighted by molar-refractivity contribution is 5.92. The van der Waals surface area contributed by atoms with Crippen LogP contribution in [0.3, 0.4) is 0 Å². The van der Waals surface area contributed by atoms with E-state index in [1.807, 2.05) is 18.2 Å². The second-order valence-electron chi connectivity index (χ2n) is 4.71. The largest absolute Gasteiger partial charge is 0.492 e. The van der Waals surface area contributed by atoms with E-state index in [9.17, 15) is 4.79 Å². The lowest BCUT2D eigenvalue weighted by Gasteiger charge is -2.26. The van der Waals surface area contributed by atoms with E-state index >= 15 is 0 Å². The van der Waals surface area contributed by atoms with Gasteiger partial charge in [-0.1, -0.05) is 6.07 Å². The van der Waals surface area contributed by atoms with E-state index in [-0.39, 0.29) is 12.3 Å². The predicted octanol–water partition coefficient (Wildman–Crippen LogP) is 1.25. The third kappa shape index (κ3) is 5.42. The van der Waals surface area contributed by atoms with Crippen molar-refractivity contribution in [3.8, 4) is 11.8 Å². The number of nitriles is 1. The highest BCUT2D eigenvalue weighted by Crippen LogP contribution is 2.17. The third-order valence-electron chi connectivity index (χ3n) is 3.14. The summed E-state index contributed by atoms with van der Waals surface area (Å²) in [7, 11) is 0. The summed E-state index contributed by atoms with van der Waals surface area (Å²) < 4.78 is 11.0. The Morgan fingerprint density at radius 2 is 2.24 bits per heavy atom. The molecule has 0 spiro atoms. The molecule has 1 N–H and O–H groups in total. The van der Waals surface area contributed by atoms with Gasteiger partial charge in [0.15, 0.2) is 0 Å². The fourth-order valence-corrected chi connectivity index (χ4v) is 2.06. The molecule has 1 aromatic rings. The van der Waals surface area contributed by atoms with Gasteiger partial charge in [0.1, 0.15) is 18.8 Å². The summed E-state index contributed by atoms with van der Waals surface area (Å²) in [5.41, 5.74) is 0.638. The minimum absolute atomic E-state index is 0.151. The molecule has 1 aliphatic heterocycles. The standard InChI is InChI=1S/C15H19N3O3/c16-5-4-15(19)17-13-2-1-3-14(12-13)21-11-8-18-6-9-20-10-7-18/h1-3,12H,4,6-11H2,(H,17,19). The molecule has 0 unspecified atom stereocenters. The minimum Gasteiger partial charge on any atom is -0.492 e. The summed E-state index contributed by atoms with van der Waals surface area (Å²) in [6, 6.07) is 9.00. The summed E-state index contributed by atoms with van der Waals surface area (Å²) in [6.07, 6.45) is -0.151. The van der Waals surface area contributed by atoms with E-state index in [1.165, 1.54) is 0 Å². The second-order valence-corrected chi connectivity index (χ2v) is 4.71. The lowest BCUT2D eigenvalue weighted by molar-refractivity contribution is -0.115. The molecule has 6 heteroatoms. The van der Waals surface area contributed by atoms with Gasteiger partial charge in [0, 0.05) is 31.4 Å². The van der Waals surface area contributed by atoms with Crippen LogP contribution < -0.4 is 10.1 Å². The Kier molecular flexibility index (Phi) is 6.00. The quantitative estimate of drug-likeness (QED) is 0.853. The number of nitrogens with one attached hydrogen (secondary N) is 1. The lowest BCUT2D eigenvalue weighted by atomic mass is 10.3. The van der Waals surface area contributed by atoms with Crippen molar-refractivity contribution in [2.75, 3.05) is 44.8 Å². The number of benzene rings is 1. The Morgan fingerprint density at radius 1 is 1.43 bits per heavy atom. The molecule has 1 saturated heterocycles. The number of morpholine rings is 1. The van der Waals surface area contributed by atoms with Crippen molar-refractivity contribution in [2.24, 2.45) is 0 Å². The number of carbonyl (C=O) groups is 1. The molecular formula is C15H19N3O3. The first kappa shape index (κ1) is 15.3. The smallest absolute Gasteiger partial charge is 0.238 e. The first-order valence-electron chi connectivity index (χ1n) is 6.98. The number of anilines is 1. The molecule has 0 radical (unpaired) electrons. The number of rotatable bonds is 6. The van der Waals surface area contributed by atoms with Crippen molar-refractivity contribution in [1.29, 1.82) is 5.26 Å².